The standard InChI is InChI=1S/C11H18N2/c1-11(6-2-3-7-11)13-9-10-5-4-8-12-10/h4-5,8,12-13H,2-3,6-7,9H2,1H3. The van der Waals surface area contributed by atoms with E-state index in [-0.39, 0.29) is 0 Å². The third-order valence-corrected chi connectivity index (χ3v) is 3.08. The molecule has 0 aromatic carbocycles. The molecule has 0 unspecified atom stereocenters. The lowest BCUT2D eigenvalue weighted by atomic mass is 10.0. The van der Waals surface area contributed by atoms with Gasteiger partial charge in [0.05, 0.1) is 0 Å². The molecule has 2 heteroatoms. The molecule has 1 saturated carbocycles. The van der Waals surface area contributed by atoms with Crippen LogP contribution in [-0.2, 0) is 6.54 Å². The van der Waals surface area contributed by atoms with E-state index in [1.54, 1.807) is 0 Å². The fourth-order valence-corrected chi connectivity index (χ4v) is 2.12. The van der Waals surface area contributed by atoms with Gasteiger partial charge in [-0.05, 0) is 31.9 Å². The number of aromatic nitrogens is 1. The van der Waals surface area contributed by atoms with E-state index in [4.69, 9.17) is 0 Å². The lowest BCUT2D eigenvalue weighted by molar-refractivity contribution is 0.361. The maximum Gasteiger partial charge on any atom is 0.0361 e. The van der Waals surface area contributed by atoms with E-state index >= 15 is 0 Å². The molecule has 2 N–H and O–H groups in total. The first-order chi connectivity index (χ1) is 6.29. The summed E-state index contributed by atoms with van der Waals surface area (Å²) in [6.07, 6.45) is 7.40. The SMILES string of the molecule is CC1(NCc2ccc[nH]2)CCCC1. The Bertz CT molecular complexity index is 245. The molecule has 0 atom stereocenters. The zero-order chi connectivity index (χ0) is 9.15. The van der Waals surface area contributed by atoms with Gasteiger partial charge in [-0.15, -0.1) is 0 Å². The molecule has 0 aliphatic heterocycles. The van der Waals surface area contributed by atoms with Gasteiger partial charge in [-0.1, -0.05) is 12.8 Å². The molecule has 0 spiro atoms. The van der Waals surface area contributed by atoms with Gasteiger partial charge in [0.1, 0.15) is 0 Å². The van der Waals surface area contributed by atoms with Crippen molar-refractivity contribution in [2.75, 3.05) is 0 Å². The second-order valence-corrected chi connectivity index (χ2v) is 4.32. The quantitative estimate of drug-likeness (QED) is 0.731. The number of H-pyrrole nitrogens is 1. The van der Waals surface area contributed by atoms with Gasteiger partial charge in [-0.25, -0.2) is 0 Å². The number of hydrogen-bond donors (Lipinski definition) is 2. The molecule has 1 aliphatic rings. The van der Waals surface area contributed by atoms with Gasteiger partial charge in [-0.3, -0.25) is 0 Å². The molecule has 0 saturated heterocycles. The van der Waals surface area contributed by atoms with E-state index in [9.17, 15) is 0 Å². The summed E-state index contributed by atoms with van der Waals surface area (Å²) in [6, 6.07) is 4.18. The third kappa shape index (κ3) is 2.13. The van der Waals surface area contributed by atoms with Crippen LogP contribution in [0.3, 0.4) is 0 Å². The van der Waals surface area contributed by atoms with E-state index in [1.165, 1.54) is 31.4 Å². The van der Waals surface area contributed by atoms with Crippen LogP contribution in [0.4, 0.5) is 0 Å². The van der Waals surface area contributed by atoms with Gasteiger partial charge < -0.3 is 10.3 Å². The van der Waals surface area contributed by atoms with Gasteiger partial charge in [0.25, 0.3) is 0 Å². The minimum atomic E-state index is 0.394. The number of nitrogens with one attached hydrogen (secondary N) is 2. The summed E-state index contributed by atoms with van der Waals surface area (Å²) in [5, 5.41) is 3.63. The van der Waals surface area contributed by atoms with Crippen LogP contribution in [0.2, 0.25) is 0 Å². The molecular weight excluding hydrogens is 160 g/mol. The van der Waals surface area contributed by atoms with Crippen LogP contribution in [-0.4, -0.2) is 10.5 Å². The lowest BCUT2D eigenvalue weighted by Crippen LogP contribution is -2.38. The zero-order valence-corrected chi connectivity index (χ0v) is 8.27. The van der Waals surface area contributed by atoms with Crippen LogP contribution < -0.4 is 5.32 Å². The van der Waals surface area contributed by atoms with E-state index < -0.39 is 0 Å². The summed E-state index contributed by atoms with van der Waals surface area (Å²) < 4.78 is 0. The molecule has 72 valence electrons. The molecule has 0 radical (unpaired) electrons. The first kappa shape index (κ1) is 8.82. The highest BCUT2D eigenvalue weighted by atomic mass is 15.0. The largest absolute Gasteiger partial charge is 0.364 e. The first-order valence-corrected chi connectivity index (χ1v) is 5.16. The van der Waals surface area contributed by atoms with Crippen molar-refractivity contribution in [3.8, 4) is 0 Å². The third-order valence-electron chi connectivity index (χ3n) is 3.08. The number of aromatic amines is 1. The molecule has 13 heavy (non-hydrogen) atoms. The Labute approximate surface area is 79.7 Å². The van der Waals surface area contributed by atoms with Crippen molar-refractivity contribution < 1.29 is 0 Å². The molecule has 1 aromatic rings. The highest BCUT2D eigenvalue weighted by Gasteiger charge is 2.27. The Morgan fingerprint density at radius 1 is 1.46 bits per heavy atom. The lowest BCUT2D eigenvalue weighted by Gasteiger charge is -2.24. The highest BCUT2D eigenvalue weighted by molar-refractivity contribution is 5.04. The summed E-state index contributed by atoms with van der Waals surface area (Å²) in [5.74, 6) is 0. The van der Waals surface area contributed by atoms with Crippen molar-refractivity contribution in [1.82, 2.24) is 10.3 Å². The fraction of sp³-hybridized carbons (Fsp3) is 0.636. The predicted molar refractivity (Wildman–Crippen MR) is 54.5 cm³/mol. The van der Waals surface area contributed by atoms with Crippen LogP contribution in [0.1, 0.15) is 38.3 Å². The van der Waals surface area contributed by atoms with Crippen molar-refractivity contribution in [2.45, 2.75) is 44.7 Å². The van der Waals surface area contributed by atoms with Gasteiger partial charge in [0.2, 0.25) is 0 Å². The van der Waals surface area contributed by atoms with E-state index in [2.05, 4.69) is 23.3 Å². The molecular formula is C11H18N2. The zero-order valence-electron chi connectivity index (χ0n) is 8.27. The summed E-state index contributed by atoms with van der Waals surface area (Å²) in [5.41, 5.74) is 1.68. The summed E-state index contributed by atoms with van der Waals surface area (Å²) in [6.45, 7) is 3.31. The van der Waals surface area contributed by atoms with E-state index in [0.717, 1.165) is 6.54 Å². The summed E-state index contributed by atoms with van der Waals surface area (Å²) in [4.78, 5) is 3.22. The molecule has 1 heterocycles. The maximum absolute atomic E-state index is 3.63. The minimum absolute atomic E-state index is 0.394. The Hall–Kier alpha value is -0.760. The number of hydrogen-bond acceptors (Lipinski definition) is 1. The Kier molecular flexibility index (Phi) is 2.40. The second kappa shape index (κ2) is 3.54. The van der Waals surface area contributed by atoms with Crippen LogP contribution >= 0.6 is 0 Å². The normalized spacial score (nSPS) is 20.7. The van der Waals surface area contributed by atoms with Crippen LogP contribution in [0.5, 0.6) is 0 Å². The van der Waals surface area contributed by atoms with Crippen molar-refractivity contribution >= 4 is 0 Å². The fourth-order valence-electron chi connectivity index (χ4n) is 2.12. The smallest absolute Gasteiger partial charge is 0.0361 e. The topological polar surface area (TPSA) is 27.8 Å². The van der Waals surface area contributed by atoms with E-state index in [0.29, 0.717) is 5.54 Å². The Balaban J connectivity index is 1.85. The average molecular weight is 178 g/mol. The summed E-state index contributed by atoms with van der Waals surface area (Å²) >= 11 is 0. The van der Waals surface area contributed by atoms with Crippen molar-refractivity contribution in [1.29, 1.82) is 0 Å². The monoisotopic (exact) mass is 178 g/mol. The molecule has 1 aliphatic carbocycles. The summed E-state index contributed by atoms with van der Waals surface area (Å²) in [7, 11) is 0. The van der Waals surface area contributed by atoms with Gasteiger partial charge in [0.15, 0.2) is 0 Å². The van der Waals surface area contributed by atoms with E-state index in [1.807, 2.05) is 12.3 Å². The van der Waals surface area contributed by atoms with Crippen LogP contribution in [0.25, 0.3) is 0 Å². The molecule has 2 nitrogen and oxygen atoms in total. The second-order valence-electron chi connectivity index (χ2n) is 4.32. The first-order valence-electron chi connectivity index (χ1n) is 5.16. The van der Waals surface area contributed by atoms with Crippen molar-refractivity contribution in [3.63, 3.8) is 0 Å². The van der Waals surface area contributed by atoms with Crippen molar-refractivity contribution in [2.24, 2.45) is 0 Å². The Morgan fingerprint density at radius 2 is 2.23 bits per heavy atom. The maximum atomic E-state index is 3.63. The van der Waals surface area contributed by atoms with Gasteiger partial charge >= 0.3 is 0 Å². The molecule has 0 amide bonds. The molecule has 2 rings (SSSR count). The van der Waals surface area contributed by atoms with Gasteiger partial charge in [0, 0.05) is 24.0 Å². The minimum Gasteiger partial charge on any atom is -0.364 e. The van der Waals surface area contributed by atoms with Crippen molar-refractivity contribution in [3.05, 3.63) is 24.0 Å². The molecule has 0 bridgehead atoms. The Morgan fingerprint density at radius 3 is 2.85 bits per heavy atom. The van der Waals surface area contributed by atoms with Crippen LogP contribution in [0.15, 0.2) is 18.3 Å². The number of rotatable bonds is 3. The molecule has 1 fully saturated rings. The predicted octanol–water partition coefficient (Wildman–Crippen LogP) is 2.44. The van der Waals surface area contributed by atoms with Gasteiger partial charge in [-0.2, -0.15) is 0 Å². The highest BCUT2D eigenvalue weighted by Crippen LogP contribution is 2.28. The average Bonchev–Trinajstić information content (AvgIpc) is 2.72. The van der Waals surface area contributed by atoms with Crippen LogP contribution in [0, 0.1) is 0 Å². The molecule has 1 aromatic heterocycles.